The average Bonchev–Trinajstić information content (AvgIpc) is 3.28. The molecule has 5 aromatic carbocycles. The third-order valence-corrected chi connectivity index (χ3v) is 15.4. The zero-order chi connectivity index (χ0) is 62.5. The van der Waals surface area contributed by atoms with E-state index >= 15 is 0 Å². The van der Waals surface area contributed by atoms with E-state index in [2.05, 4.69) is 19.4 Å². The van der Waals surface area contributed by atoms with Crippen LogP contribution in [0.25, 0.3) is 0 Å². The van der Waals surface area contributed by atoms with Gasteiger partial charge in [0.2, 0.25) is 0 Å². The van der Waals surface area contributed by atoms with E-state index in [-0.39, 0.29) is 185 Å². The Kier molecular flexibility index (Phi) is 48.1. The van der Waals surface area contributed by atoms with E-state index in [4.69, 9.17) is 0 Å². The van der Waals surface area contributed by atoms with Crippen molar-refractivity contribution in [2.24, 2.45) is 0 Å². The van der Waals surface area contributed by atoms with Crippen molar-refractivity contribution in [3.63, 3.8) is 0 Å². The topological polar surface area (TPSA) is 398 Å². The normalized spacial score (nSPS) is 10.6. The van der Waals surface area contributed by atoms with E-state index in [1.807, 2.05) is 0 Å². The standard InChI is InChI=1S/C10H16N2O8.5C8H10O3S.5Na/c1-7(13)17-11(18-8(2)14)5-6-12(19-9(3)15)20-10(4)16;5*1-6-4-3-5-8(7(6)2)12(9,10)11;;;;;/h5-6H2,1-4H3;5*3-5H,1-2H3,(H,9,10,11);;;;;/q;;;;;;5*+1/p-5. The van der Waals surface area contributed by atoms with Crippen molar-refractivity contribution in [1.82, 2.24) is 10.5 Å². The second kappa shape index (κ2) is 43.3. The Morgan fingerprint density at radius 2 is 0.435 bits per heavy atom. The Morgan fingerprint density at radius 3 is 0.529 bits per heavy atom. The summed E-state index contributed by atoms with van der Waals surface area (Å²) in [6, 6.07) is 23.3. The third kappa shape index (κ3) is 37.4. The number of nitrogens with zero attached hydrogens (tertiary/aromatic N) is 2. The van der Waals surface area contributed by atoms with E-state index in [0.717, 1.165) is 55.5 Å². The minimum absolute atomic E-state index is 0. The van der Waals surface area contributed by atoms with E-state index in [0.29, 0.717) is 38.3 Å². The predicted molar refractivity (Wildman–Crippen MR) is 280 cm³/mol. The van der Waals surface area contributed by atoms with Gasteiger partial charge in [-0.2, -0.15) is 0 Å². The molecule has 5 rings (SSSR count). The number of aryl methyl sites for hydroxylation is 5. The molecule has 0 saturated carbocycles. The molecule has 0 amide bonds. The van der Waals surface area contributed by atoms with Gasteiger partial charge in [0.1, 0.15) is 50.6 Å². The van der Waals surface area contributed by atoms with Gasteiger partial charge in [-0.1, -0.05) is 60.7 Å². The van der Waals surface area contributed by atoms with Crippen LogP contribution in [0, 0.1) is 69.2 Å². The van der Waals surface area contributed by atoms with Crippen molar-refractivity contribution in [2.75, 3.05) is 13.1 Å². The van der Waals surface area contributed by atoms with Crippen LogP contribution in [0.4, 0.5) is 0 Å². The maximum Gasteiger partial charge on any atom is 1.00 e. The van der Waals surface area contributed by atoms with Crippen molar-refractivity contribution < 1.29 is 251 Å². The predicted octanol–water partition coefficient (Wildman–Crippen LogP) is -9.44. The van der Waals surface area contributed by atoms with E-state index in [1.165, 1.54) is 30.3 Å². The second-order valence-corrected chi connectivity index (χ2v) is 23.4. The van der Waals surface area contributed by atoms with Crippen LogP contribution in [0.3, 0.4) is 0 Å². The van der Waals surface area contributed by atoms with Crippen LogP contribution in [-0.2, 0) is 89.1 Å². The maximum atomic E-state index is 10.8. The molecule has 0 unspecified atom stereocenters. The van der Waals surface area contributed by atoms with Gasteiger partial charge in [0.15, 0.2) is 0 Å². The molecule has 0 saturated heterocycles. The van der Waals surface area contributed by atoms with Crippen molar-refractivity contribution in [2.45, 2.75) is 121 Å². The summed E-state index contributed by atoms with van der Waals surface area (Å²) in [5.41, 5.74) is 6.73. The molecule has 85 heavy (non-hydrogen) atoms. The second-order valence-electron chi connectivity index (χ2n) is 16.7. The van der Waals surface area contributed by atoms with Crippen molar-refractivity contribution in [3.05, 3.63) is 147 Å². The van der Waals surface area contributed by atoms with Crippen molar-refractivity contribution in [1.29, 1.82) is 0 Å². The molecule has 0 bridgehead atoms. The van der Waals surface area contributed by atoms with Gasteiger partial charge in [-0.3, -0.25) is 19.2 Å². The molecule has 0 aliphatic carbocycles. The number of carbonyl (C=O) groups excluding carboxylic acids is 4. The molecule has 0 atom stereocenters. The van der Waals surface area contributed by atoms with E-state index in [1.54, 1.807) is 130 Å². The molecule has 444 valence electrons. The fraction of sp³-hybridized carbons (Fsp3) is 0.320. The number of hydroxylamine groups is 4. The summed E-state index contributed by atoms with van der Waals surface area (Å²) in [5, 5.41) is 1.15. The Hall–Kier alpha value is -1.55. The van der Waals surface area contributed by atoms with Crippen LogP contribution in [0.1, 0.15) is 83.3 Å². The Labute approximate surface area is 609 Å². The first-order valence-electron chi connectivity index (χ1n) is 22.7. The van der Waals surface area contributed by atoms with E-state index in [9.17, 15) is 84.0 Å². The molecule has 0 N–H and O–H groups in total. The van der Waals surface area contributed by atoms with Crippen molar-refractivity contribution in [3.8, 4) is 0 Å². The fourth-order valence-corrected chi connectivity index (χ4v) is 9.84. The van der Waals surface area contributed by atoms with Gasteiger partial charge in [-0.15, -0.1) is 0 Å². The molecule has 5 aromatic rings. The fourth-order valence-electron chi connectivity index (χ4n) is 5.93. The van der Waals surface area contributed by atoms with Crippen LogP contribution >= 0.6 is 0 Å². The summed E-state index contributed by atoms with van der Waals surface area (Å²) < 4.78 is 160. The summed E-state index contributed by atoms with van der Waals surface area (Å²) >= 11 is 0. The van der Waals surface area contributed by atoms with Gasteiger partial charge >= 0.3 is 172 Å². The molecule has 0 aliphatic heterocycles. The van der Waals surface area contributed by atoms with Gasteiger partial charge in [-0.05, 0) is 155 Å². The van der Waals surface area contributed by atoms with Gasteiger partial charge < -0.3 is 42.1 Å². The molecule has 25 nitrogen and oxygen atoms in total. The van der Waals surface area contributed by atoms with Crippen molar-refractivity contribution >= 4 is 74.5 Å². The van der Waals surface area contributed by atoms with Gasteiger partial charge in [-0.25, -0.2) is 42.1 Å². The summed E-state index contributed by atoms with van der Waals surface area (Å²) in [7, 11) is -21.5. The van der Waals surface area contributed by atoms with Crippen LogP contribution in [0.2, 0.25) is 0 Å². The average molecular weight is 1330 g/mol. The quantitative estimate of drug-likeness (QED) is 0.0636. The van der Waals surface area contributed by atoms with Crippen LogP contribution < -0.4 is 148 Å². The summed E-state index contributed by atoms with van der Waals surface area (Å²) in [6.07, 6.45) is 0. The Bertz CT molecular complexity index is 3070. The van der Waals surface area contributed by atoms with Crippen LogP contribution in [0.15, 0.2) is 115 Å². The molecule has 0 aliphatic rings. The van der Waals surface area contributed by atoms with Crippen LogP contribution in [0.5, 0.6) is 0 Å². The first kappa shape index (κ1) is 94.6. The summed E-state index contributed by atoms with van der Waals surface area (Å²) in [4.78, 5) is 60.8. The largest absolute Gasteiger partial charge is 1.00 e. The molecule has 0 heterocycles. The van der Waals surface area contributed by atoms with E-state index < -0.39 is 74.5 Å². The smallest absolute Gasteiger partial charge is 0.744 e. The third-order valence-electron chi connectivity index (χ3n) is 10.5. The molecule has 0 radical (unpaired) electrons. The number of carbonyl (C=O) groups is 4. The number of hydrogen-bond donors (Lipinski definition) is 0. The monoisotopic (exact) mass is 1330 g/mol. The molecule has 35 heteroatoms. The molecule has 0 fully saturated rings. The zero-order valence-corrected chi connectivity index (χ0v) is 65.0. The number of hydrogen-bond acceptors (Lipinski definition) is 25. The first-order valence-corrected chi connectivity index (χ1v) is 29.8. The number of benzene rings is 5. The molecular formula is C50H61N2Na5O23S5. The molecule has 0 spiro atoms. The summed E-state index contributed by atoms with van der Waals surface area (Å²) in [5.74, 6) is -2.90. The minimum Gasteiger partial charge on any atom is -0.744 e. The van der Waals surface area contributed by atoms with Gasteiger partial charge in [0.05, 0.1) is 37.6 Å². The Balaban J connectivity index is -0.000000220. The van der Waals surface area contributed by atoms with Gasteiger partial charge in [0, 0.05) is 38.1 Å². The molecular weight excluding hydrogens is 1270 g/mol. The first-order chi connectivity index (χ1) is 36.3. The maximum absolute atomic E-state index is 10.8. The van der Waals surface area contributed by atoms with Gasteiger partial charge in [0.25, 0.3) is 0 Å². The SMILES string of the molecule is CC(=O)ON(CCN(OC(C)=O)OC(C)=O)OC(C)=O.Cc1cccc(S(=O)(=O)[O-])c1C.Cc1cccc(S(=O)(=O)[O-])c1C.Cc1cccc(S(=O)(=O)[O-])c1C.Cc1cccc(S(=O)(=O)[O-])c1C.Cc1cccc(S(=O)(=O)[O-])c1C.[Na+].[Na+].[Na+].[Na+].[Na+]. The minimum atomic E-state index is -4.31. The zero-order valence-electron chi connectivity index (χ0n) is 50.9. The van der Waals surface area contributed by atoms with Crippen LogP contribution in [-0.4, -0.2) is 112 Å². The Morgan fingerprint density at radius 1 is 0.306 bits per heavy atom. The molecule has 0 aromatic heterocycles. The number of rotatable bonds is 12. The summed E-state index contributed by atoms with van der Waals surface area (Å²) in [6.45, 7) is 20.9.